The molecule has 0 aromatic heterocycles. The van der Waals surface area contributed by atoms with Gasteiger partial charge in [0.25, 0.3) is 9.05 Å². The van der Waals surface area contributed by atoms with E-state index in [1.807, 2.05) is 0 Å². The third kappa shape index (κ3) is 2.40. The molecule has 6 heteroatoms. The van der Waals surface area contributed by atoms with Gasteiger partial charge in [0, 0.05) is 15.2 Å². The molecule has 1 aromatic carbocycles. The minimum Gasteiger partial charge on any atom is -0.497 e. The second-order valence-electron chi connectivity index (χ2n) is 2.69. The fraction of sp³-hybridized carbons (Fsp3) is 0.250. The van der Waals surface area contributed by atoms with Gasteiger partial charge in [-0.15, -0.1) is 0 Å². The highest BCUT2D eigenvalue weighted by Crippen LogP contribution is 2.32. The van der Waals surface area contributed by atoms with Crippen LogP contribution in [0.3, 0.4) is 0 Å². The lowest BCUT2D eigenvalue weighted by molar-refractivity contribution is 0.413. The minimum atomic E-state index is -3.72. The maximum atomic E-state index is 11.2. The van der Waals surface area contributed by atoms with Crippen LogP contribution in [-0.2, 0) is 9.05 Å². The average Bonchev–Trinajstić information content (AvgIpc) is 1.99. The number of methoxy groups -OCH3 is 1. The molecule has 0 radical (unpaired) electrons. The van der Waals surface area contributed by atoms with Crippen molar-refractivity contribution in [1.82, 2.24) is 0 Å². The van der Waals surface area contributed by atoms with Crippen LogP contribution < -0.4 is 4.74 Å². The molecule has 1 rings (SSSR count). The van der Waals surface area contributed by atoms with Crippen LogP contribution in [0.25, 0.3) is 0 Å². The number of halogens is 2. The number of hydrogen-bond acceptors (Lipinski definition) is 3. The second-order valence-corrected chi connectivity index (χ2v) is 6.05. The molecule has 0 atom stereocenters. The Kier molecular flexibility index (Phi) is 3.44. The van der Waals surface area contributed by atoms with Crippen molar-refractivity contribution in [2.45, 2.75) is 11.8 Å². The quantitative estimate of drug-likeness (QED) is 0.789. The summed E-state index contributed by atoms with van der Waals surface area (Å²) in [6.07, 6.45) is 0. The third-order valence-corrected chi connectivity index (χ3v) is 4.06. The van der Waals surface area contributed by atoms with Crippen LogP contribution in [0.4, 0.5) is 0 Å². The largest absolute Gasteiger partial charge is 0.497 e. The molecule has 14 heavy (non-hydrogen) atoms. The molecule has 0 fully saturated rings. The Morgan fingerprint density at radius 2 is 2.00 bits per heavy atom. The molecule has 0 aliphatic carbocycles. The zero-order valence-corrected chi connectivity index (χ0v) is 10.7. The Morgan fingerprint density at radius 1 is 1.43 bits per heavy atom. The Morgan fingerprint density at radius 3 is 2.36 bits per heavy atom. The van der Waals surface area contributed by atoms with Crippen LogP contribution in [0.15, 0.2) is 21.5 Å². The molecule has 0 spiro atoms. The Balaban J connectivity index is 3.48. The van der Waals surface area contributed by atoms with E-state index in [1.165, 1.54) is 7.11 Å². The normalized spacial score (nSPS) is 11.4. The van der Waals surface area contributed by atoms with Crippen molar-refractivity contribution in [3.05, 3.63) is 22.2 Å². The Labute approximate surface area is 95.6 Å². The summed E-state index contributed by atoms with van der Waals surface area (Å²) in [5, 5.41) is 0. The van der Waals surface area contributed by atoms with Gasteiger partial charge in [-0.2, -0.15) is 0 Å². The topological polar surface area (TPSA) is 43.4 Å². The predicted octanol–water partition coefficient (Wildman–Crippen LogP) is 2.69. The highest BCUT2D eigenvalue weighted by Gasteiger charge is 2.18. The van der Waals surface area contributed by atoms with Gasteiger partial charge in [0.1, 0.15) is 5.75 Å². The molecule has 0 amide bonds. The fourth-order valence-electron chi connectivity index (χ4n) is 1.13. The summed E-state index contributed by atoms with van der Waals surface area (Å²) < 4.78 is 27.7. The summed E-state index contributed by atoms with van der Waals surface area (Å²) in [7, 11) is 3.06. The molecule has 1 aromatic rings. The lowest BCUT2D eigenvalue weighted by atomic mass is 10.2. The summed E-state index contributed by atoms with van der Waals surface area (Å²) in [5.74, 6) is 0.582. The van der Waals surface area contributed by atoms with E-state index < -0.39 is 9.05 Å². The van der Waals surface area contributed by atoms with E-state index in [9.17, 15) is 8.42 Å². The first kappa shape index (κ1) is 11.8. The van der Waals surface area contributed by atoms with Crippen LogP contribution in [0, 0.1) is 6.92 Å². The first-order chi connectivity index (χ1) is 6.36. The Hall–Kier alpha value is -0.260. The lowest BCUT2D eigenvalue weighted by Crippen LogP contribution is -1.97. The summed E-state index contributed by atoms with van der Waals surface area (Å²) in [4.78, 5) is 0.0833. The van der Waals surface area contributed by atoms with Gasteiger partial charge in [0.05, 0.1) is 12.0 Å². The zero-order chi connectivity index (χ0) is 10.9. The van der Waals surface area contributed by atoms with Gasteiger partial charge in [-0.25, -0.2) is 8.42 Å². The van der Waals surface area contributed by atoms with E-state index >= 15 is 0 Å². The van der Waals surface area contributed by atoms with Crippen LogP contribution in [-0.4, -0.2) is 15.5 Å². The van der Waals surface area contributed by atoms with Crippen molar-refractivity contribution in [2.24, 2.45) is 0 Å². The summed E-state index contributed by atoms with van der Waals surface area (Å²) >= 11 is 3.13. The molecule has 0 heterocycles. The second kappa shape index (κ2) is 4.08. The number of ether oxygens (including phenoxy) is 1. The van der Waals surface area contributed by atoms with Crippen LogP contribution in [0.2, 0.25) is 0 Å². The van der Waals surface area contributed by atoms with Gasteiger partial charge in [-0.3, -0.25) is 0 Å². The van der Waals surface area contributed by atoms with Gasteiger partial charge in [-0.1, -0.05) is 0 Å². The van der Waals surface area contributed by atoms with Gasteiger partial charge in [-0.05, 0) is 40.5 Å². The maximum absolute atomic E-state index is 11.2. The molecule has 0 bridgehead atoms. The van der Waals surface area contributed by atoms with E-state index in [1.54, 1.807) is 19.1 Å². The van der Waals surface area contributed by atoms with E-state index in [2.05, 4.69) is 15.9 Å². The third-order valence-electron chi connectivity index (χ3n) is 1.68. The summed E-state index contributed by atoms with van der Waals surface area (Å²) in [6.45, 7) is 1.66. The van der Waals surface area contributed by atoms with Gasteiger partial charge in [0.15, 0.2) is 0 Å². The standard InChI is InChI=1S/C8H8BrClO3S/c1-5-3-6(13-2)4-7(9)8(5)14(10,11)12/h3-4H,1-2H3. The fourth-order valence-corrected chi connectivity index (χ4v) is 3.93. The van der Waals surface area contributed by atoms with Crippen molar-refractivity contribution in [3.63, 3.8) is 0 Å². The molecular formula is C8H8BrClO3S. The predicted molar refractivity (Wildman–Crippen MR) is 58.5 cm³/mol. The first-order valence-electron chi connectivity index (χ1n) is 3.65. The van der Waals surface area contributed by atoms with Gasteiger partial charge >= 0.3 is 0 Å². The van der Waals surface area contributed by atoms with E-state index in [4.69, 9.17) is 15.4 Å². The average molecular weight is 300 g/mol. The lowest BCUT2D eigenvalue weighted by Gasteiger charge is -2.07. The smallest absolute Gasteiger partial charge is 0.262 e. The van der Waals surface area contributed by atoms with Crippen LogP contribution >= 0.6 is 26.6 Å². The summed E-state index contributed by atoms with van der Waals surface area (Å²) in [5.41, 5.74) is 0.547. The molecular weight excluding hydrogens is 292 g/mol. The van der Waals surface area contributed by atoms with Gasteiger partial charge < -0.3 is 4.74 Å². The first-order valence-corrected chi connectivity index (χ1v) is 6.75. The van der Waals surface area contributed by atoms with Crippen molar-refractivity contribution in [2.75, 3.05) is 7.11 Å². The van der Waals surface area contributed by atoms with Crippen molar-refractivity contribution in [1.29, 1.82) is 0 Å². The molecule has 0 aliphatic heterocycles. The van der Waals surface area contributed by atoms with Crippen molar-refractivity contribution >= 4 is 35.7 Å². The van der Waals surface area contributed by atoms with Crippen LogP contribution in [0.1, 0.15) is 5.56 Å². The molecule has 0 saturated carbocycles. The minimum absolute atomic E-state index is 0.0833. The molecule has 78 valence electrons. The Bertz CT molecular complexity index is 433. The van der Waals surface area contributed by atoms with Crippen molar-refractivity contribution < 1.29 is 13.2 Å². The molecule has 0 saturated heterocycles. The number of aryl methyl sites for hydroxylation is 1. The number of rotatable bonds is 2. The maximum Gasteiger partial charge on any atom is 0.262 e. The van der Waals surface area contributed by atoms with E-state index in [-0.39, 0.29) is 4.90 Å². The van der Waals surface area contributed by atoms with E-state index in [0.29, 0.717) is 15.8 Å². The molecule has 0 unspecified atom stereocenters. The molecule has 0 aliphatic rings. The number of benzene rings is 1. The van der Waals surface area contributed by atoms with Crippen LogP contribution in [0.5, 0.6) is 5.75 Å². The van der Waals surface area contributed by atoms with Crippen molar-refractivity contribution in [3.8, 4) is 5.75 Å². The molecule has 0 N–H and O–H groups in total. The zero-order valence-electron chi connectivity index (χ0n) is 7.54. The van der Waals surface area contributed by atoms with E-state index in [0.717, 1.165) is 0 Å². The summed E-state index contributed by atoms with van der Waals surface area (Å²) in [6, 6.07) is 3.17. The van der Waals surface area contributed by atoms with Gasteiger partial charge in [0.2, 0.25) is 0 Å². The SMILES string of the molecule is COc1cc(C)c(S(=O)(=O)Cl)c(Br)c1. The molecule has 3 nitrogen and oxygen atoms in total. The highest BCUT2D eigenvalue weighted by atomic mass is 79.9. The number of hydrogen-bond donors (Lipinski definition) is 0. The highest BCUT2D eigenvalue weighted by molar-refractivity contribution is 9.10. The monoisotopic (exact) mass is 298 g/mol.